The van der Waals surface area contributed by atoms with E-state index >= 15 is 0 Å². The van der Waals surface area contributed by atoms with Crippen LogP contribution in [0.5, 0.6) is 0 Å². The predicted octanol–water partition coefficient (Wildman–Crippen LogP) is 12.6. The van der Waals surface area contributed by atoms with Crippen LogP contribution in [0.4, 0.5) is 0 Å². The Hall–Kier alpha value is -2.17. The molecule has 0 fully saturated rings. The van der Waals surface area contributed by atoms with E-state index in [0.29, 0.717) is 13.0 Å². The normalized spacial score (nSPS) is 13.2. The van der Waals surface area contributed by atoms with E-state index in [0.717, 1.165) is 70.6 Å². The lowest BCUT2D eigenvalue weighted by Crippen LogP contribution is -2.27. The maximum Gasteiger partial charge on any atom is 0.306 e. The first kappa shape index (κ1) is 44.8. The SMILES string of the molecule is CC/C=C\C/C=C\C/C=C\C/C=C\C/C=C\CCCCCCCCOCC(CO)OC(=O)CCCCCCC/C=C\CCCCCC. The number of aliphatic hydroxyl groups excluding tert-OH is 1. The molecule has 0 heterocycles. The molecule has 0 spiro atoms. The van der Waals surface area contributed by atoms with Gasteiger partial charge in [0.1, 0.15) is 6.10 Å². The van der Waals surface area contributed by atoms with Gasteiger partial charge in [0, 0.05) is 13.0 Å². The van der Waals surface area contributed by atoms with E-state index < -0.39 is 6.10 Å². The molecule has 0 amide bonds. The summed E-state index contributed by atoms with van der Waals surface area (Å²) in [4.78, 5) is 12.1. The van der Waals surface area contributed by atoms with Gasteiger partial charge in [-0.2, -0.15) is 0 Å². The van der Waals surface area contributed by atoms with Crippen LogP contribution in [0.25, 0.3) is 0 Å². The average molecular weight is 655 g/mol. The van der Waals surface area contributed by atoms with Gasteiger partial charge in [0.05, 0.1) is 13.2 Å². The smallest absolute Gasteiger partial charge is 0.306 e. The molecule has 0 rings (SSSR count). The van der Waals surface area contributed by atoms with Crippen LogP contribution >= 0.6 is 0 Å². The third-order valence-corrected chi connectivity index (χ3v) is 8.02. The monoisotopic (exact) mass is 655 g/mol. The molecular formula is C43H74O4. The minimum absolute atomic E-state index is 0.185. The second-order valence-electron chi connectivity index (χ2n) is 12.6. The van der Waals surface area contributed by atoms with Crippen molar-refractivity contribution in [2.45, 2.75) is 174 Å². The fourth-order valence-corrected chi connectivity index (χ4v) is 5.11. The highest BCUT2D eigenvalue weighted by Gasteiger charge is 2.13. The summed E-state index contributed by atoms with van der Waals surface area (Å²) in [7, 11) is 0. The minimum atomic E-state index is -0.549. The second kappa shape index (κ2) is 40.0. The van der Waals surface area contributed by atoms with E-state index in [1.54, 1.807) is 0 Å². The summed E-state index contributed by atoms with van der Waals surface area (Å²) in [5.74, 6) is -0.219. The van der Waals surface area contributed by atoms with Crippen molar-refractivity contribution in [3.05, 3.63) is 72.9 Å². The van der Waals surface area contributed by atoms with Crippen molar-refractivity contribution >= 4 is 5.97 Å². The van der Waals surface area contributed by atoms with Gasteiger partial charge in [0.15, 0.2) is 0 Å². The third-order valence-electron chi connectivity index (χ3n) is 8.02. The molecular weight excluding hydrogens is 580 g/mol. The van der Waals surface area contributed by atoms with Crippen molar-refractivity contribution in [2.75, 3.05) is 19.8 Å². The first-order chi connectivity index (χ1) is 23.2. The largest absolute Gasteiger partial charge is 0.457 e. The molecule has 0 aliphatic rings. The number of aliphatic hydroxyl groups is 1. The van der Waals surface area contributed by atoms with Crippen molar-refractivity contribution < 1.29 is 19.4 Å². The first-order valence-electron chi connectivity index (χ1n) is 19.5. The Morgan fingerprint density at radius 3 is 1.47 bits per heavy atom. The molecule has 0 radical (unpaired) electrons. The summed E-state index contributed by atoms with van der Waals surface area (Å²) in [6.45, 7) is 5.16. The molecule has 0 aliphatic heterocycles. The zero-order valence-electron chi connectivity index (χ0n) is 30.8. The van der Waals surface area contributed by atoms with E-state index in [9.17, 15) is 9.90 Å². The molecule has 0 bridgehead atoms. The minimum Gasteiger partial charge on any atom is -0.457 e. The molecule has 0 aromatic rings. The third kappa shape index (κ3) is 38.2. The fraction of sp³-hybridized carbons (Fsp3) is 0.698. The van der Waals surface area contributed by atoms with Crippen molar-refractivity contribution in [3.63, 3.8) is 0 Å². The predicted molar refractivity (Wildman–Crippen MR) is 205 cm³/mol. The lowest BCUT2D eigenvalue weighted by molar-refractivity contribution is -0.154. The Morgan fingerprint density at radius 2 is 0.957 bits per heavy atom. The van der Waals surface area contributed by atoms with E-state index in [4.69, 9.17) is 9.47 Å². The Kier molecular flexibility index (Phi) is 38.2. The summed E-state index contributed by atoms with van der Waals surface area (Å²) >= 11 is 0. The van der Waals surface area contributed by atoms with Crippen molar-refractivity contribution in [3.8, 4) is 0 Å². The highest BCUT2D eigenvalue weighted by atomic mass is 16.6. The van der Waals surface area contributed by atoms with Crippen LogP contribution in [-0.4, -0.2) is 37.0 Å². The number of rotatable bonds is 35. The quantitative estimate of drug-likeness (QED) is 0.0420. The van der Waals surface area contributed by atoms with Crippen LogP contribution in [0.2, 0.25) is 0 Å². The lowest BCUT2D eigenvalue weighted by Gasteiger charge is -2.15. The van der Waals surface area contributed by atoms with E-state index in [2.05, 4.69) is 86.8 Å². The molecule has 270 valence electrons. The van der Waals surface area contributed by atoms with Gasteiger partial charge < -0.3 is 14.6 Å². The van der Waals surface area contributed by atoms with Gasteiger partial charge in [-0.15, -0.1) is 0 Å². The van der Waals surface area contributed by atoms with Crippen LogP contribution in [0, 0.1) is 0 Å². The van der Waals surface area contributed by atoms with Crippen molar-refractivity contribution in [2.24, 2.45) is 0 Å². The van der Waals surface area contributed by atoms with Gasteiger partial charge >= 0.3 is 5.97 Å². The van der Waals surface area contributed by atoms with Gasteiger partial charge in [-0.3, -0.25) is 4.79 Å². The number of hydrogen-bond donors (Lipinski definition) is 1. The molecule has 1 unspecified atom stereocenters. The number of carbonyl (C=O) groups is 1. The highest BCUT2D eigenvalue weighted by molar-refractivity contribution is 5.69. The fourth-order valence-electron chi connectivity index (χ4n) is 5.11. The molecule has 1 atom stereocenters. The average Bonchev–Trinajstić information content (AvgIpc) is 3.08. The molecule has 0 aromatic heterocycles. The number of unbranched alkanes of at least 4 members (excludes halogenated alkanes) is 15. The van der Waals surface area contributed by atoms with Crippen LogP contribution in [-0.2, 0) is 14.3 Å². The van der Waals surface area contributed by atoms with Crippen LogP contribution in [0.3, 0.4) is 0 Å². The maximum absolute atomic E-state index is 12.1. The summed E-state index contributed by atoms with van der Waals surface area (Å²) in [5, 5.41) is 9.57. The van der Waals surface area contributed by atoms with Crippen LogP contribution in [0.15, 0.2) is 72.9 Å². The molecule has 0 aliphatic carbocycles. The Balaban J connectivity index is 3.52. The maximum atomic E-state index is 12.1. The van der Waals surface area contributed by atoms with Gasteiger partial charge in [-0.05, 0) is 83.5 Å². The van der Waals surface area contributed by atoms with Gasteiger partial charge in [0.25, 0.3) is 0 Å². The van der Waals surface area contributed by atoms with E-state index in [-0.39, 0.29) is 19.2 Å². The zero-order valence-corrected chi connectivity index (χ0v) is 30.8. The molecule has 0 saturated heterocycles. The summed E-state index contributed by atoms with van der Waals surface area (Å²) in [5.41, 5.74) is 0. The van der Waals surface area contributed by atoms with Crippen LogP contribution in [0.1, 0.15) is 168 Å². The number of carbonyl (C=O) groups excluding carboxylic acids is 1. The van der Waals surface area contributed by atoms with Gasteiger partial charge in [-0.1, -0.05) is 151 Å². The number of ether oxygens (including phenoxy) is 2. The molecule has 4 heteroatoms. The highest BCUT2D eigenvalue weighted by Crippen LogP contribution is 2.11. The van der Waals surface area contributed by atoms with Gasteiger partial charge in [-0.25, -0.2) is 0 Å². The van der Waals surface area contributed by atoms with Crippen LogP contribution < -0.4 is 0 Å². The summed E-state index contributed by atoms with van der Waals surface area (Å²) < 4.78 is 11.1. The number of hydrogen-bond acceptors (Lipinski definition) is 4. The Bertz CT molecular complexity index is 820. The van der Waals surface area contributed by atoms with E-state index in [1.807, 2.05) is 0 Å². The molecule has 0 aromatic carbocycles. The lowest BCUT2D eigenvalue weighted by atomic mass is 10.1. The molecule has 4 nitrogen and oxygen atoms in total. The Labute approximate surface area is 291 Å². The van der Waals surface area contributed by atoms with Gasteiger partial charge in [0.2, 0.25) is 0 Å². The standard InChI is InChI=1S/C43H74O4/c1-3-5-7-9-11-13-15-17-18-19-20-21-22-23-24-25-27-29-31-33-35-37-39-46-41-42(40-44)47-43(45)38-36-34-32-30-28-26-16-14-12-10-8-6-4-2/h5,7,11,13-14,16-18,20-21,23-24,42,44H,3-4,6,8-10,12,15,19,22,25-41H2,1-2H3/b7-5-,13-11-,16-14-,18-17-,21-20-,24-23-. The molecule has 1 N–H and O–H groups in total. The molecule has 47 heavy (non-hydrogen) atoms. The van der Waals surface area contributed by atoms with Crippen molar-refractivity contribution in [1.29, 1.82) is 0 Å². The summed E-state index contributed by atoms with van der Waals surface area (Å²) in [6.07, 6.45) is 53.7. The molecule has 0 saturated carbocycles. The van der Waals surface area contributed by atoms with E-state index in [1.165, 1.54) is 77.0 Å². The Morgan fingerprint density at radius 1 is 0.532 bits per heavy atom. The number of esters is 1. The zero-order chi connectivity index (χ0) is 34.1. The first-order valence-corrected chi connectivity index (χ1v) is 19.5. The second-order valence-corrected chi connectivity index (χ2v) is 12.6. The summed E-state index contributed by atoms with van der Waals surface area (Å²) in [6, 6.07) is 0. The number of allylic oxidation sites excluding steroid dienone is 12. The van der Waals surface area contributed by atoms with Crippen molar-refractivity contribution in [1.82, 2.24) is 0 Å². The topological polar surface area (TPSA) is 55.8 Å².